The van der Waals surface area contributed by atoms with Gasteiger partial charge in [-0.2, -0.15) is 0 Å². The molecule has 1 aliphatic carbocycles. The molecule has 1 heterocycles. The first-order valence-electron chi connectivity index (χ1n) is 9.02. The van der Waals surface area contributed by atoms with Gasteiger partial charge in [0.05, 0.1) is 0 Å². The second-order valence-electron chi connectivity index (χ2n) is 7.23. The highest BCUT2D eigenvalue weighted by molar-refractivity contribution is 4.99. The molecular formula is C18H35N. The van der Waals surface area contributed by atoms with Gasteiger partial charge in [0, 0.05) is 12.1 Å². The van der Waals surface area contributed by atoms with Crippen LogP contribution in [0.5, 0.6) is 0 Å². The number of rotatable bonds is 7. The quantitative estimate of drug-likeness (QED) is 0.671. The lowest BCUT2D eigenvalue weighted by molar-refractivity contribution is 0.0714. The predicted molar refractivity (Wildman–Crippen MR) is 84.4 cm³/mol. The van der Waals surface area contributed by atoms with Gasteiger partial charge in [0.2, 0.25) is 0 Å². The molecule has 3 unspecified atom stereocenters. The van der Waals surface area contributed by atoms with Crippen molar-refractivity contribution in [1.82, 2.24) is 5.32 Å². The van der Waals surface area contributed by atoms with Crippen LogP contribution in [0.4, 0.5) is 0 Å². The maximum atomic E-state index is 3.91. The molecule has 0 aromatic heterocycles. The molecule has 1 aliphatic heterocycles. The SMILES string of the molecule is CCCCC1N[C@H](C(C)CC2CCCCC2)C1CC. The lowest BCUT2D eigenvalue weighted by atomic mass is 9.70. The second kappa shape index (κ2) is 7.67. The molecule has 0 spiro atoms. The normalized spacial score (nSPS) is 33.9. The molecule has 0 aromatic rings. The van der Waals surface area contributed by atoms with Gasteiger partial charge < -0.3 is 5.32 Å². The standard InChI is InChI=1S/C18H35N/c1-4-6-12-17-16(5-2)18(19-17)14(3)13-15-10-8-7-9-11-15/h14-19H,4-13H2,1-3H3/t14?,16?,17?,18-/m1/s1. The summed E-state index contributed by atoms with van der Waals surface area (Å²) in [5.74, 6) is 2.90. The summed E-state index contributed by atoms with van der Waals surface area (Å²) in [5, 5.41) is 3.91. The Morgan fingerprint density at radius 2 is 1.84 bits per heavy atom. The van der Waals surface area contributed by atoms with Crippen LogP contribution in [0.15, 0.2) is 0 Å². The van der Waals surface area contributed by atoms with Crippen molar-refractivity contribution < 1.29 is 0 Å². The fourth-order valence-corrected chi connectivity index (χ4v) is 4.57. The topological polar surface area (TPSA) is 12.0 Å². The molecule has 1 saturated carbocycles. The van der Waals surface area contributed by atoms with E-state index in [9.17, 15) is 0 Å². The summed E-state index contributed by atoms with van der Waals surface area (Å²) in [5.41, 5.74) is 0. The maximum absolute atomic E-state index is 3.91. The summed E-state index contributed by atoms with van der Waals surface area (Å²) in [6, 6.07) is 1.66. The monoisotopic (exact) mass is 265 g/mol. The average molecular weight is 265 g/mol. The van der Waals surface area contributed by atoms with Crippen molar-refractivity contribution in [3.63, 3.8) is 0 Å². The summed E-state index contributed by atoms with van der Waals surface area (Å²) >= 11 is 0. The van der Waals surface area contributed by atoms with Crippen molar-refractivity contribution in [2.45, 2.75) is 97.1 Å². The first-order chi connectivity index (χ1) is 9.26. The third kappa shape index (κ3) is 3.97. The van der Waals surface area contributed by atoms with Gasteiger partial charge in [-0.05, 0) is 30.6 Å². The molecule has 0 amide bonds. The van der Waals surface area contributed by atoms with E-state index in [2.05, 4.69) is 26.1 Å². The largest absolute Gasteiger partial charge is 0.310 e. The summed E-state index contributed by atoms with van der Waals surface area (Å²) in [6.07, 6.45) is 14.5. The van der Waals surface area contributed by atoms with Gasteiger partial charge >= 0.3 is 0 Å². The zero-order valence-corrected chi connectivity index (χ0v) is 13.5. The molecule has 2 aliphatic rings. The molecule has 0 aromatic carbocycles. The van der Waals surface area contributed by atoms with Crippen LogP contribution in [0.1, 0.15) is 85.0 Å². The minimum absolute atomic E-state index is 0.828. The number of hydrogen-bond donors (Lipinski definition) is 1. The van der Waals surface area contributed by atoms with Crippen molar-refractivity contribution >= 4 is 0 Å². The molecule has 112 valence electrons. The van der Waals surface area contributed by atoms with E-state index >= 15 is 0 Å². The fraction of sp³-hybridized carbons (Fsp3) is 1.00. The van der Waals surface area contributed by atoms with Crippen molar-refractivity contribution in [3.05, 3.63) is 0 Å². The van der Waals surface area contributed by atoms with Crippen LogP contribution in [-0.2, 0) is 0 Å². The van der Waals surface area contributed by atoms with Crippen LogP contribution in [0.2, 0.25) is 0 Å². The Morgan fingerprint density at radius 3 is 2.47 bits per heavy atom. The zero-order valence-electron chi connectivity index (χ0n) is 13.5. The maximum Gasteiger partial charge on any atom is 0.0138 e. The molecular weight excluding hydrogens is 230 g/mol. The third-order valence-corrected chi connectivity index (χ3v) is 5.77. The van der Waals surface area contributed by atoms with E-state index in [0.717, 1.165) is 29.8 Å². The molecule has 1 saturated heterocycles. The minimum Gasteiger partial charge on any atom is -0.310 e. The van der Waals surface area contributed by atoms with Crippen molar-refractivity contribution in [2.75, 3.05) is 0 Å². The van der Waals surface area contributed by atoms with Gasteiger partial charge in [0.25, 0.3) is 0 Å². The molecule has 0 radical (unpaired) electrons. The fourth-order valence-electron chi connectivity index (χ4n) is 4.57. The first kappa shape index (κ1) is 15.4. The van der Waals surface area contributed by atoms with Crippen LogP contribution in [-0.4, -0.2) is 12.1 Å². The van der Waals surface area contributed by atoms with Gasteiger partial charge in [0.1, 0.15) is 0 Å². The molecule has 2 fully saturated rings. The Labute approximate surface area is 120 Å². The predicted octanol–water partition coefficient (Wildman–Crippen LogP) is 5.15. The van der Waals surface area contributed by atoms with Crippen LogP contribution >= 0.6 is 0 Å². The molecule has 2 rings (SSSR count). The van der Waals surface area contributed by atoms with Crippen LogP contribution in [0, 0.1) is 17.8 Å². The number of unbranched alkanes of at least 4 members (excludes halogenated alkanes) is 1. The first-order valence-corrected chi connectivity index (χ1v) is 9.02. The average Bonchev–Trinajstić information content (AvgIpc) is 2.39. The number of hydrogen-bond acceptors (Lipinski definition) is 1. The van der Waals surface area contributed by atoms with Gasteiger partial charge in [-0.1, -0.05) is 72.1 Å². The Kier molecular flexibility index (Phi) is 6.19. The lowest BCUT2D eigenvalue weighted by Gasteiger charge is -2.50. The summed E-state index contributed by atoms with van der Waals surface area (Å²) in [7, 11) is 0. The molecule has 19 heavy (non-hydrogen) atoms. The highest BCUT2D eigenvalue weighted by atomic mass is 15.1. The van der Waals surface area contributed by atoms with Gasteiger partial charge in [-0.15, -0.1) is 0 Å². The molecule has 4 atom stereocenters. The van der Waals surface area contributed by atoms with E-state index < -0.39 is 0 Å². The summed E-state index contributed by atoms with van der Waals surface area (Å²) < 4.78 is 0. The zero-order chi connectivity index (χ0) is 13.7. The number of nitrogens with one attached hydrogen (secondary N) is 1. The van der Waals surface area contributed by atoms with Gasteiger partial charge in [0.15, 0.2) is 0 Å². The highest BCUT2D eigenvalue weighted by Crippen LogP contribution is 2.37. The van der Waals surface area contributed by atoms with E-state index in [-0.39, 0.29) is 0 Å². The van der Waals surface area contributed by atoms with Crippen molar-refractivity contribution in [2.24, 2.45) is 17.8 Å². The van der Waals surface area contributed by atoms with Gasteiger partial charge in [-0.25, -0.2) is 0 Å². The Morgan fingerprint density at radius 1 is 1.11 bits per heavy atom. The lowest BCUT2D eigenvalue weighted by Crippen LogP contribution is -2.63. The van der Waals surface area contributed by atoms with E-state index in [0.29, 0.717) is 0 Å². The summed E-state index contributed by atoms with van der Waals surface area (Å²) in [4.78, 5) is 0. The van der Waals surface area contributed by atoms with E-state index in [1.54, 1.807) is 0 Å². The van der Waals surface area contributed by atoms with E-state index in [1.165, 1.54) is 64.2 Å². The van der Waals surface area contributed by atoms with Crippen LogP contribution in [0.25, 0.3) is 0 Å². The van der Waals surface area contributed by atoms with Crippen molar-refractivity contribution in [1.29, 1.82) is 0 Å². The van der Waals surface area contributed by atoms with Crippen LogP contribution < -0.4 is 5.32 Å². The minimum atomic E-state index is 0.828. The second-order valence-corrected chi connectivity index (χ2v) is 7.23. The summed E-state index contributed by atoms with van der Waals surface area (Å²) in [6.45, 7) is 7.21. The molecule has 1 heteroatoms. The Balaban J connectivity index is 1.74. The molecule has 1 N–H and O–H groups in total. The smallest absolute Gasteiger partial charge is 0.0138 e. The van der Waals surface area contributed by atoms with E-state index in [4.69, 9.17) is 0 Å². The molecule has 0 bridgehead atoms. The highest BCUT2D eigenvalue weighted by Gasteiger charge is 2.41. The third-order valence-electron chi connectivity index (χ3n) is 5.77. The van der Waals surface area contributed by atoms with Crippen LogP contribution in [0.3, 0.4) is 0 Å². The molecule has 1 nitrogen and oxygen atoms in total. The van der Waals surface area contributed by atoms with Crippen molar-refractivity contribution in [3.8, 4) is 0 Å². The van der Waals surface area contributed by atoms with E-state index in [1.807, 2.05) is 0 Å². The Bertz CT molecular complexity index is 244. The van der Waals surface area contributed by atoms with Gasteiger partial charge in [-0.3, -0.25) is 0 Å². The Hall–Kier alpha value is -0.0400.